The van der Waals surface area contributed by atoms with Crippen molar-refractivity contribution in [3.63, 3.8) is 0 Å². The normalized spacial score (nSPS) is 15.8. The Morgan fingerprint density at radius 2 is 2.40 bits per heavy atom. The molecule has 2 aromatic rings. The van der Waals surface area contributed by atoms with Gasteiger partial charge in [-0.15, -0.1) is 11.3 Å². The zero-order valence-corrected chi connectivity index (χ0v) is 9.05. The van der Waals surface area contributed by atoms with E-state index in [4.69, 9.17) is 0 Å². The van der Waals surface area contributed by atoms with E-state index in [0.29, 0.717) is 5.92 Å². The number of aliphatic hydroxyl groups is 1. The second-order valence-electron chi connectivity index (χ2n) is 3.87. The monoisotopic (exact) mass is 220 g/mol. The van der Waals surface area contributed by atoms with E-state index in [1.165, 1.54) is 12.8 Å². The molecule has 0 saturated heterocycles. The fourth-order valence-electron chi connectivity index (χ4n) is 1.87. The third-order valence-electron chi connectivity index (χ3n) is 2.80. The SMILES string of the molecule is OCc1c(-c2cccs2)n[nH]c1C1CC1. The number of hydrogen-bond donors (Lipinski definition) is 2. The van der Waals surface area contributed by atoms with E-state index >= 15 is 0 Å². The number of rotatable bonds is 3. The summed E-state index contributed by atoms with van der Waals surface area (Å²) in [7, 11) is 0. The third kappa shape index (κ3) is 1.50. The van der Waals surface area contributed by atoms with E-state index in [-0.39, 0.29) is 6.61 Å². The lowest BCUT2D eigenvalue weighted by Crippen LogP contribution is -1.89. The molecular weight excluding hydrogens is 208 g/mol. The topological polar surface area (TPSA) is 48.9 Å². The minimum absolute atomic E-state index is 0.0789. The van der Waals surface area contributed by atoms with Crippen molar-refractivity contribution >= 4 is 11.3 Å². The van der Waals surface area contributed by atoms with Crippen LogP contribution in [-0.2, 0) is 6.61 Å². The van der Waals surface area contributed by atoms with Crippen molar-refractivity contribution in [1.82, 2.24) is 10.2 Å². The molecule has 1 aliphatic rings. The van der Waals surface area contributed by atoms with Gasteiger partial charge in [-0.2, -0.15) is 5.10 Å². The lowest BCUT2D eigenvalue weighted by atomic mass is 10.1. The number of nitrogens with one attached hydrogen (secondary N) is 1. The largest absolute Gasteiger partial charge is 0.392 e. The second kappa shape index (κ2) is 3.47. The number of aromatic nitrogens is 2. The molecule has 1 fully saturated rings. The Balaban J connectivity index is 2.07. The van der Waals surface area contributed by atoms with Gasteiger partial charge < -0.3 is 5.11 Å². The van der Waals surface area contributed by atoms with E-state index in [9.17, 15) is 5.11 Å². The smallest absolute Gasteiger partial charge is 0.108 e. The molecule has 0 bridgehead atoms. The first-order chi connectivity index (χ1) is 7.40. The average Bonchev–Trinajstić information content (AvgIpc) is 2.83. The molecule has 78 valence electrons. The van der Waals surface area contributed by atoms with E-state index < -0.39 is 0 Å². The molecule has 1 saturated carbocycles. The lowest BCUT2D eigenvalue weighted by Gasteiger charge is -1.98. The lowest BCUT2D eigenvalue weighted by molar-refractivity contribution is 0.281. The average molecular weight is 220 g/mol. The maximum absolute atomic E-state index is 9.41. The molecular formula is C11H12N2OS. The Hall–Kier alpha value is -1.13. The van der Waals surface area contributed by atoms with Gasteiger partial charge in [0.05, 0.1) is 11.5 Å². The van der Waals surface area contributed by atoms with Gasteiger partial charge in [-0.25, -0.2) is 0 Å². The van der Waals surface area contributed by atoms with Crippen LogP contribution in [0.2, 0.25) is 0 Å². The first-order valence-electron chi connectivity index (χ1n) is 5.12. The highest BCUT2D eigenvalue weighted by atomic mass is 32.1. The minimum atomic E-state index is 0.0789. The van der Waals surface area contributed by atoms with Crippen molar-refractivity contribution in [2.24, 2.45) is 0 Å². The Morgan fingerprint density at radius 3 is 3.00 bits per heavy atom. The zero-order chi connectivity index (χ0) is 10.3. The molecule has 3 nitrogen and oxygen atoms in total. The van der Waals surface area contributed by atoms with Crippen LogP contribution in [0, 0.1) is 0 Å². The summed E-state index contributed by atoms with van der Waals surface area (Å²) in [4.78, 5) is 1.13. The summed E-state index contributed by atoms with van der Waals surface area (Å²) in [5.74, 6) is 0.605. The Kier molecular flexibility index (Phi) is 2.11. The summed E-state index contributed by atoms with van der Waals surface area (Å²) in [5.41, 5.74) is 3.05. The number of thiophene rings is 1. The minimum Gasteiger partial charge on any atom is -0.392 e. The van der Waals surface area contributed by atoms with Crippen LogP contribution in [0.15, 0.2) is 17.5 Å². The van der Waals surface area contributed by atoms with Crippen molar-refractivity contribution in [2.45, 2.75) is 25.4 Å². The van der Waals surface area contributed by atoms with Gasteiger partial charge in [0.15, 0.2) is 0 Å². The molecule has 1 aliphatic carbocycles. The van der Waals surface area contributed by atoms with Gasteiger partial charge in [0.25, 0.3) is 0 Å². The third-order valence-corrected chi connectivity index (χ3v) is 3.67. The molecule has 15 heavy (non-hydrogen) atoms. The maximum atomic E-state index is 9.41. The van der Waals surface area contributed by atoms with Crippen LogP contribution in [-0.4, -0.2) is 15.3 Å². The van der Waals surface area contributed by atoms with E-state index in [1.54, 1.807) is 11.3 Å². The molecule has 0 aromatic carbocycles. The second-order valence-corrected chi connectivity index (χ2v) is 4.82. The highest BCUT2D eigenvalue weighted by Gasteiger charge is 2.29. The van der Waals surface area contributed by atoms with Gasteiger partial charge >= 0.3 is 0 Å². The molecule has 3 rings (SSSR count). The summed E-state index contributed by atoms with van der Waals surface area (Å²) in [6.45, 7) is 0.0789. The molecule has 2 aromatic heterocycles. The Morgan fingerprint density at radius 1 is 1.53 bits per heavy atom. The summed E-state index contributed by atoms with van der Waals surface area (Å²) >= 11 is 1.66. The molecule has 0 amide bonds. The van der Waals surface area contributed by atoms with Crippen molar-refractivity contribution in [3.8, 4) is 10.6 Å². The molecule has 2 heterocycles. The van der Waals surface area contributed by atoms with Gasteiger partial charge in [-0.3, -0.25) is 5.10 Å². The zero-order valence-electron chi connectivity index (χ0n) is 8.23. The van der Waals surface area contributed by atoms with Crippen LogP contribution in [0.25, 0.3) is 10.6 Å². The summed E-state index contributed by atoms with van der Waals surface area (Å²) in [5, 5.41) is 18.8. The van der Waals surface area contributed by atoms with Gasteiger partial charge in [0, 0.05) is 17.2 Å². The van der Waals surface area contributed by atoms with Gasteiger partial charge in [0.1, 0.15) is 5.69 Å². The molecule has 0 radical (unpaired) electrons. The number of nitrogens with zero attached hydrogens (tertiary/aromatic N) is 1. The number of aliphatic hydroxyl groups excluding tert-OH is 1. The Bertz CT molecular complexity index is 457. The van der Waals surface area contributed by atoms with Gasteiger partial charge in [-0.1, -0.05) is 6.07 Å². The van der Waals surface area contributed by atoms with Crippen molar-refractivity contribution in [1.29, 1.82) is 0 Å². The summed E-state index contributed by atoms with van der Waals surface area (Å²) in [6.07, 6.45) is 2.44. The highest BCUT2D eigenvalue weighted by molar-refractivity contribution is 7.13. The first kappa shape index (κ1) is 9.12. The van der Waals surface area contributed by atoms with E-state index in [2.05, 4.69) is 10.2 Å². The van der Waals surface area contributed by atoms with Gasteiger partial charge in [-0.05, 0) is 24.3 Å². The first-order valence-corrected chi connectivity index (χ1v) is 6.00. The van der Waals surface area contributed by atoms with Crippen molar-refractivity contribution in [3.05, 3.63) is 28.8 Å². The molecule has 2 N–H and O–H groups in total. The van der Waals surface area contributed by atoms with Crippen LogP contribution in [0.4, 0.5) is 0 Å². The van der Waals surface area contributed by atoms with Crippen LogP contribution in [0.5, 0.6) is 0 Å². The molecule has 0 unspecified atom stereocenters. The van der Waals surface area contributed by atoms with Crippen LogP contribution in [0.3, 0.4) is 0 Å². The van der Waals surface area contributed by atoms with Crippen molar-refractivity contribution < 1.29 is 5.11 Å². The van der Waals surface area contributed by atoms with Crippen molar-refractivity contribution in [2.75, 3.05) is 0 Å². The molecule has 0 aliphatic heterocycles. The summed E-state index contributed by atoms with van der Waals surface area (Å²) in [6, 6.07) is 4.04. The fourth-order valence-corrected chi connectivity index (χ4v) is 2.61. The predicted octanol–water partition coefficient (Wildman–Crippen LogP) is 2.51. The Labute approximate surface area is 91.8 Å². The maximum Gasteiger partial charge on any atom is 0.108 e. The highest BCUT2D eigenvalue weighted by Crippen LogP contribution is 2.43. The van der Waals surface area contributed by atoms with E-state index in [0.717, 1.165) is 21.8 Å². The number of aromatic amines is 1. The molecule has 4 heteroatoms. The summed E-state index contributed by atoms with van der Waals surface area (Å²) < 4.78 is 0. The standard InChI is InChI=1S/C11H12N2OS/c14-6-8-10(7-3-4-7)12-13-11(8)9-2-1-5-15-9/h1-2,5,7,14H,3-4,6H2,(H,12,13). The molecule has 0 spiro atoms. The van der Waals surface area contributed by atoms with E-state index in [1.807, 2.05) is 17.5 Å². The quantitative estimate of drug-likeness (QED) is 0.835. The predicted molar refractivity (Wildman–Crippen MR) is 59.8 cm³/mol. The fraction of sp³-hybridized carbons (Fsp3) is 0.364. The molecule has 0 atom stereocenters. The van der Waals surface area contributed by atoms with Gasteiger partial charge in [0.2, 0.25) is 0 Å². The van der Waals surface area contributed by atoms with Crippen LogP contribution < -0.4 is 0 Å². The van der Waals surface area contributed by atoms with Crippen LogP contribution in [0.1, 0.15) is 30.0 Å². The number of hydrogen-bond acceptors (Lipinski definition) is 3. The number of H-pyrrole nitrogens is 1. The van der Waals surface area contributed by atoms with Crippen LogP contribution >= 0.6 is 11.3 Å².